The Balaban J connectivity index is 3.65. The summed E-state index contributed by atoms with van der Waals surface area (Å²) in [5, 5.41) is 9.56. The summed E-state index contributed by atoms with van der Waals surface area (Å²) in [7, 11) is 0. The first kappa shape index (κ1) is 44.1. The Kier molecular flexibility index (Phi) is 36.8. The lowest BCUT2D eigenvalue weighted by Crippen LogP contribution is -2.27. The highest BCUT2D eigenvalue weighted by molar-refractivity contribution is 5.69. The van der Waals surface area contributed by atoms with E-state index >= 15 is 0 Å². The summed E-state index contributed by atoms with van der Waals surface area (Å²) in [6.07, 6.45) is 57.0. The zero-order chi connectivity index (χ0) is 34.1. The fourth-order valence-electron chi connectivity index (χ4n) is 4.40. The van der Waals surface area contributed by atoms with Gasteiger partial charge in [0.05, 0.1) is 13.2 Å². The van der Waals surface area contributed by atoms with Gasteiger partial charge in [0.25, 0.3) is 0 Å². The minimum Gasteiger partial charge on any atom is -0.457 e. The van der Waals surface area contributed by atoms with Crippen molar-refractivity contribution in [2.24, 2.45) is 0 Å². The molecule has 0 spiro atoms. The van der Waals surface area contributed by atoms with Gasteiger partial charge in [0.15, 0.2) is 0 Å². The maximum absolute atomic E-state index is 12.2. The number of aliphatic hydroxyl groups is 1. The molecule has 1 unspecified atom stereocenters. The molecule has 0 fully saturated rings. The van der Waals surface area contributed by atoms with Crippen molar-refractivity contribution in [3.63, 3.8) is 0 Å². The number of aliphatic hydroxyl groups excluding tert-OH is 1. The van der Waals surface area contributed by atoms with Gasteiger partial charge < -0.3 is 14.6 Å². The quantitative estimate of drug-likeness (QED) is 0.0448. The molecule has 0 saturated heterocycles. The van der Waals surface area contributed by atoms with Crippen LogP contribution in [0.3, 0.4) is 0 Å². The maximum Gasteiger partial charge on any atom is 0.306 e. The van der Waals surface area contributed by atoms with Crippen molar-refractivity contribution in [3.05, 3.63) is 109 Å². The van der Waals surface area contributed by atoms with Crippen LogP contribution in [-0.2, 0) is 14.3 Å². The van der Waals surface area contributed by atoms with E-state index in [0.29, 0.717) is 13.0 Å². The van der Waals surface area contributed by atoms with Crippen molar-refractivity contribution in [1.29, 1.82) is 0 Å². The lowest BCUT2D eigenvalue weighted by atomic mass is 10.1. The van der Waals surface area contributed by atoms with Crippen molar-refractivity contribution in [1.82, 2.24) is 0 Å². The third kappa shape index (κ3) is 37.4. The van der Waals surface area contributed by atoms with Crippen LogP contribution in [0.15, 0.2) is 109 Å². The van der Waals surface area contributed by atoms with Crippen molar-refractivity contribution < 1.29 is 19.4 Å². The Hall–Kier alpha value is -2.95. The number of hydrogen-bond donors (Lipinski definition) is 1. The Morgan fingerprint density at radius 2 is 0.894 bits per heavy atom. The van der Waals surface area contributed by atoms with Crippen LogP contribution >= 0.6 is 0 Å². The van der Waals surface area contributed by atoms with Gasteiger partial charge in [-0.1, -0.05) is 136 Å². The van der Waals surface area contributed by atoms with Crippen molar-refractivity contribution in [3.8, 4) is 0 Å². The summed E-state index contributed by atoms with van der Waals surface area (Å²) < 4.78 is 11.1. The Morgan fingerprint density at radius 3 is 1.30 bits per heavy atom. The van der Waals surface area contributed by atoms with Crippen LogP contribution in [-0.4, -0.2) is 37.0 Å². The van der Waals surface area contributed by atoms with Gasteiger partial charge in [0.2, 0.25) is 0 Å². The summed E-state index contributed by atoms with van der Waals surface area (Å²) in [6.45, 7) is 4.98. The van der Waals surface area contributed by atoms with Crippen LogP contribution in [0.2, 0.25) is 0 Å². The second kappa shape index (κ2) is 39.2. The Bertz CT molecular complexity index is 945. The second-order valence-electron chi connectivity index (χ2n) is 11.5. The lowest BCUT2D eigenvalue weighted by Gasteiger charge is -2.15. The Morgan fingerprint density at radius 1 is 0.511 bits per heavy atom. The second-order valence-corrected chi connectivity index (χ2v) is 11.5. The molecule has 1 atom stereocenters. The van der Waals surface area contributed by atoms with Crippen LogP contribution in [0, 0.1) is 0 Å². The number of allylic oxidation sites excluding steroid dienone is 18. The van der Waals surface area contributed by atoms with E-state index in [4.69, 9.17) is 9.47 Å². The van der Waals surface area contributed by atoms with Crippen molar-refractivity contribution >= 4 is 5.97 Å². The van der Waals surface area contributed by atoms with E-state index in [2.05, 4.69) is 123 Å². The number of hydrogen-bond acceptors (Lipinski definition) is 4. The highest BCUT2D eigenvalue weighted by Crippen LogP contribution is 2.08. The summed E-state index contributed by atoms with van der Waals surface area (Å²) in [6, 6.07) is 0. The van der Waals surface area contributed by atoms with E-state index in [1.807, 2.05) is 0 Å². The predicted octanol–water partition coefficient (Wildman–Crippen LogP) is 12.0. The smallest absolute Gasteiger partial charge is 0.306 e. The number of ether oxygens (including phenoxy) is 2. The summed E-state index contributed by atoms with van der Waals surface area (Å²) >= 11 is 0. The molecule has 1 N–H and O–H groups in total. The predicted molar refractivity (Wildman–Crippen MR) is 204 cm³/mol. The molecule has 0 radical (unpaired) electrons. The molecular formula is C43H68O4. The fourth-order valence-corrected chi connectivity index (χ4v) is 4.40. The molecule has 0 aromatic rings. The van der Waals surface area contributed by atoms with Gasteiger partial charge in [0.1, 0.15) is 6.10 Å². The van der Waals surface area contributed by atoms with Crippen LogP contribution < -0.4 is 0 Å². The van der Waals surface area contributed by atoms with Gasteiger partial charge in [-0.3, -0.25) is 4.79 Å². The largest absolute Gasteiger partial charge is 0.457 e. The molecule has 264 valence electrons. The first-order chi connectivity index (χ1) is 23.2. The zero-order valence-electron chi connectivity index (χ0n) is 30.0. The van der Waals surface area contributed by atoms with E-state index in [0.717, 1.165) is 109 Å². The molecule has 0 amide bonds. The first-order valence-electron chi connectivity index (χ1n) is 18.5. The molecule has 0 saturated carbocycles. The molecule has 47 heavy (non-hydrogen) atoms. The molecule has 0 heterocycles. The normalized spacial score (nSPS) is 13.7. The van der Waals surface area contributed by atoms with E-state index in [1.54, 1.807) is 0 Å². The van der Waals surface area contributed by atoms with Crippen LogP contribution in [0.5, 0.6) is 0 Å². The third-order valence-corrected chi connectivity index (χ3v) is 7.09. The van der Waals surface area contributed by atoms with Gasteiger partial charge in [-0.2, -0.15) is 0 Å². The number of unbranched alkanes of at least 4 members (excludes halogenated alkanes) is 6. The van der Waals surface area contributed by atoms with Crippen molar-refractivity contribution in [2.75, 3.05) is 19.8 Å². The molecule has 4 nitrogen and oxygen atoms in total. The van der Waals surface area contributed by atoms with Gasteiger partial charge in [-0.05, 0) is 96.3 Å². The molecule has 0 aliphatic rings. The van der Waals surface area contributed by atoms with Gasteiger partial charge in [0, 0.05) is 13.0 Å². The molecule has 0 aromatic heterocycles. The van der Waals surface area contributed by atoms with Crippen LogP contribution in [0.25, 0.3) is 0 Å². The lowest BCUT2D eigenvalue weighted by molar-refractivity contribution is -0.154. The number of carbonyl (C=O) groups is 1. The first-order valence-corrected chi connectivity index (χ1v) is 18.5. The Labute approximate surface area is 289 Å². The van der Waals surface area contributed by atoms with Crippen molar-refractivity contribution in [2.45, 2.75) is 136 Å². The molecule has 0 aliphatic heterocycles. The van der Waals surface area contributed by atoms with Gasteiger partial charge >= 0.3 is 5.97 Å². The monoisotopic (exact) mass is 649 g/mol. The van der Waals surface area contributed by atoms with E-state index in [1.165, 1.54) is 0 Å². The summed E-state index contributed by atoms with van der Waals surface area (Å²) in [5.41, 5.74) is 0. The minimum absolute atomic E-state index is 0.207. The molecule has 0 aromatic carbocycles. The van der Waals surface area contributed by atoms with Gasteiger partial charge in [-0.15, -0.1) is 0 Å². The fraction of sp³-hybridized carbons (Fsp3) is 0.558. The van der Waals surface area contributed by atoms with E-state index in [-0.39, 0.29) is 19.2 Å². The number of esters is 1. The maximum atomic E-state index is 12.2. The topological polar surface area (TPSA) is 55.8 Å². The number of carbonyl (C=O) groups excluding carboxylic acids is 1. The van der Waals surface area contributed by atoms with Crippen LogP contribution in [0.4, 0.5) is 0 Å². The standard InChI is InChI=1S/C43H68O4/c1-3-5-7-9-11-13-15-17-19-21-22-23-24-26-28-30-32-34-36-38-43(45)47-42(40-44)41-46-39-37-35-33-31-29-27-25-20-18-16-14-12-10-8-6-4-2/h5-8,11-14,17-20,22-23,26-29,42,44H,3-4,9-10,15-16,21,24-25,30-41H2,1-2H3/b7-5-,8-6-,13-11-,14-12-,19-17-,20-18-,23-22-,28-26-,29-27-. The highest BCUT2D eigenvalue weighted by atomic mass is 16.6. The zero-order valence-corrected chi connectivity index (χ0v) is 30.0. The minimum atomic E-state index is -0.576. The average Bonchev–Trinajstić information content (AvgIpc) is 3.08. The molecule has 0 aliphatic carbocycles. The van der Waals surface area contributed by atoms with Gasteiger partial charge in [-0.25, -0.2) is 0 Å². The highest BCUT2D eigenvalue weighted by Gasteiger charge is 2.13. The molecule has 0 rings (SSSR count). The molecule has 0 bridgehead atoms. The summed E-state index contributed by atoms with van der Waals surface area (Å²) in [5.74, 6) is -0.250. The molecular weight excluding hydrogens is 580 g/mol. The molecule has 4 heteroatoms. The number of rotatable bonds is 32. The van der Waals surface area contributed by atoms with Crippen LogP contribution in [0.1, 0.15) is 129 Å². The summed E-state index contributed by atoms with van der Waals surface area (Å²) in [4.78, 5) is 12.2. The SMILES string of the molecule is CC/C=C\C/C=C\C/C=C\C/C=C\C/C=C\CCCCCC(=O)OC(CO)COCCCCC/C=C\C/C=C\C/C=C\C/C=C\CC. The van der Waals surface area contributed by atoms with E-state index < -0.39 is 6.10 Å². The average molecular weight is 649 g/mol. The third-order valence-electron chi connectivity index (χ3n) is 7.09. The van der Waals surface area contributed by atoms with E-state index in [9.17, 15) is 9.90 Å².